The van der Waals surface area contributed by atoms with Crippen LogP contribution in [0, 0.1) is 5.92 Å². The van der Waals surface area contributed by atoms with E-state index in [0.717, 1.165) is 12.5 Å². The summed E-state index contributed by atoms with van der Waals surface area (Å²) in [4.78, 5) is 0. The molecule has 3 unspecified atom stereocenters. The van der Waals surface area contributed by atoms with Crippen molar-refractivity contribution in [1.82, 2.24) is 5.32 Å². The van der Waals surface area contributed by atoms with E-state index in [0.29, 0.717) is 6.04 Å². The monoisotopic (exact) mass is 275 g/mol. The number of hydrogen-bond donors (Lipinski definition) is 1. The van der Waals surface area contributed by atoms with Crippen molar-refractivity contribution in [2.45, 2.75) is 37.3 Å². The van der Waals surface area contributed by atoms with Crippen molar-refractivity contribution < 1.29 is 4.74 Å². The SMILES string of the molecule is CNC(CCSC)C1CCOC2(CCSC2)C1. The lowest BCUT2D eigenvalue weighted by molar-refractivity contribution is -0.0848. The summed E-state index contributed by atoms with van der Waals surface area (Å²) in [7, 11) is 2.12. The molecule has 2 aliphatic rings. The van der Waals surface area contributed by atoms with Crippen molar-refractivity contribution in [2.24, 2.45) is 5.92 Å². The smallest absolute Gasteiger partial charge is 0.0783 e. The fraction of sp³-hybridized carbons (Fsp3) is 1.00. The molecule has 100 valence electrons. The zero-order valence-corrected chi connectivity index (χ0v) is 12.7. The van der Waals surface area contributed by atoms with Crippen LogP contribution in [0.5, 0.6) is 0 Å². The summed E-state index contributed by atoms with van der Waals surface area (Å²) in [6.45, 7) is 0.975. The second kappa shape index (κ2) is 6.69. The first-order valence-corrected chi connectivity index (χ1v) is 9.22. The summed E-state index contributed by atoms with van der Waals surface area (Å²) in [6, 6.07) is 0.689. The van der Waals surface area contributed by atoms with Gasteiger partial charge >= 0.3 is 0 Å². The van der Waals surface area contributed by atoms with Crippen LogP contribution in [-0.4, -0.2) is 48.8 Å². The molecule has 0 saturated carbocycles. The summed E-state index contributed by atoms with van der Waals surface area (Å²) >= 11 is 4.03. The van der Waals surface area contributed by atoms with E-state index in [2.05, 4.69) is 30.4 Å². The van der Waals surface area contributed by atoms with Crippen LogP contribution < -0.4 is 5.32 Å². The Labute approximate surface area is 114 Å². The molecule has 3 atom stereocenters. The molecule has 17 heavy (non-hydrogen) atoms. The topological polar surface area (TPSA) is 21.3 Å². The normalized spacial score (nSPS) is 35.3. The second-order valence-electron chi connectivity index (χ2n) is 5.26. The maximum atomic E-state index is 6.10. The minimum Gasteiger partial charge on any atom is -0.374 e. The lowest BCUT2D eigenvalue weighted by Crippen LogP contribution is -2.46. The van der Waals surface area contributed by atoms with Crippen LogP contribution in [0.3, 0.4) is 0 Å². The van der Waals surface area contributed by atoms with E-state index in [-0.39, 0.29) is 5.60 Å². The van der Waals surface area contributed by atoms with Gasteiger partial charge < -0.3 is 10.1 Å². The summed E-state index contributed by atoms with van der Waals surface area (Å²) in [6.07, 6.45) is 7.29. The van der Waals surface area contributed by atoms with Gasteiger partial charge in [-0.3, -0.25) is 0 Å². The Bertz CT molecular complexity index is 231. The van der Waals surface area contributed by atoms with E-state index >= 15 is 0 Å². The highest BCUT2D eigenvalue weighted by Crippen LogP contribution is 2.41. The first-order valence-electron chi connectivity index (χ1n) is 6.67. The Morgan fingerprint density at radius 3 is 3.12 bits per heavy atom. The molecule has 4 heteroatoms. The Morgan fingerprint density at radius 1 is 1.59 bits per heavy atom. The second-order valence-corrected chi connectivity index (χ2v) is 7.35. The van der Waals surface area contributed by atoms with Gasteiger partial charge in [-0.1, -0.05) is 0 Å². The first kappa shape index (κ1) is 14.0. The van der Waals surface area contributed by atoms with Gasteiger partial charge in [0.25, 0.3) is 0 Å². The quantitative estimate of drug-likeness (QED) is 0.832. The van der Waals surface area contributed by atoms with Gasteiger partial charge in [-0.15, -0.1) is 0 Å². The molecule has 0 aromatic heterocycles. The molecule has 0 amide bonds. The maximum absolute atomic E-state index is 6.10. The van der Waals surface area contributed by atoms with Crippen molar-refractivity contribution in [3.05, 3.63) is 0 Å². The molecular formula is C13H25NOS2. The van der Waals surface area contributed by atoms with Crippen molar-refractivity contribution in [1.29, 1.82) is 0 Å². The Balaban J connectivity index is 1.90. The molecule has 0 bridgehead atoms. The molecule has 0 aromatic carbocycles. The fourth-order valence-corrected chi connectivity index (χ4v) is 5.00. The summed E-state index contributed by atoms with van der Waals surface area (Å²) in [5.41, 5.74) is 0.238. The molecule has 0 aliphatic carbocycles. The molecule has 0 aromatic rings. The van der Waals surface area contributed by atoms with Gasteiger partial charge in [-0.25, -0.2) is 0 Å². The molecule has 2 rings (SSSR count). The van der Waals surface area contributed by atoms with Crippen LogP contribution in [0.4, 0.5) is 0 Å². The zero-order chi connectivity index (χ0) is 12.1. The predicted octanol–water partition coefficient (Wildman–Crippen LogP) is 2.63. The van der Waals surface area contributed by atoms with E-state index in [1.54, 1.807) is 0 Å². The number of nitrogens with one attached hydrogen (secondary N) is 1. The molecule has 2 saturated heterocycles. The van der Waals surface area contributed by atoms with Crippen LogP contribution >= 0.6 is 23.5 Å². The predicted molar refractivity (Wildman–Crippen MR) is 79.2 cm³/mol. The minimum atomic E-state index is 0.238. The third-order valence-electron chi connectivity index (χ3n) is 4.17. The van der Waals surface area contributed by atoms with Gasteiger partial charge in [-0.05, 0) is 56.4 Å². The van der Waals surface area contributed by atoms with Crippen molar-refractivity contribution in [3.63, 3.8) is 0 Å². The van der Waals surface area contributed by atoms with Gasteiger partial charge in [-0.2, -0.15) is 23.5 Å². The highest BCUT2D eigenvalue weighted by molar-refractivity contribution is 7.99. The first-order chi connectivity index (χ1) is 8.29. The third kappa shape index (κ3) is 3.55. The van der Waals surface area contributed by atoms with E-state index in [1.165, 1.54) is 42.9 Å². The number of hydrogen-bond acceptors (Lipinski definition) is 4. The number of thioether (sulfide) groups is 2. The van der Waals surface area contributed by atoms with E-state index < -0.39 is 0 Å². The average Bonchev–Trinajstić information content (AvgIpc) is 2.78. The van der Waals surface area contributed by atoms with Crippen molar-refractivity contribution in [2.75, 3.05) is 37.2 Å². The summed E-state index contributed by atoms with van der Waals surface area (Å²) in [5, 5.41) is 3.54. The molecule has 2 aliphatic heterocycles. The third-order valence-corrected chi connectivity index (χ3v) is 6.04. The van der Waals surface area contributed by atoms with Gasteiger partial charge in [0.2, 0.25) is 0 Å². The van der Waals surface area contributed by atoms with Crippen LogP contribution in [0.1, 0.15) is 25.7 Å². The van der Waals surface area contributed by atoms with E-state index in [9.17, 15) is 0 Å². The van der Waals surface area contributed by atoms with Crippen LogP contribution in [0.25, 0.3) is 0 Å². The van der Waals surface area contributed by atoms with Crippen molar-refractivity contribution in [3.8, 4) is 0 Å². The molecule has 0 radical (unpaired) electrons. The number of rotatable bonds is 5. The largest absolute Gasteiger partial charge is 0.374 e. The van der Waals surface area contributed by atoms with Gasteiger partial charge in [0, 0.05) is 18.4 Å². The number of ether oxygens (including phenoxy) is 1. The summed E-state index contributed by atoms with van der Waals surface area (Å²) in [5.74, 6) is 4.61. The zero-order valence-electron chi connectivity index (χ0n) is 11.0. The highest BCUT2D eigenvalue weighted by atomic mass is 32.2. The lowest BCUT2D eigenvalue weighted by atomic mass is 9.80. The van der Waals surface area contributed by atoms with E-state index in [1.807, 2.05) is 11.8 Å². The molecule has 2 heterocycles. The maximum Gasteiger partial charge on any atom is 0.0783 e. The van der Waals surface area contributed by atoms with E-state index in [4.69, 9.17) is 4.74 Å². The fourth-order valence-electron chi connectivity index (χ4n) is 3.13. The minimum absolute atomic E-state index is 0.238. The molecule has 2 nitrogen and oxygen atoms in total. The van der Waals surface area contributed by atoms with Gasteiger partial charge in [0.1, 0.15) is 0 Å². The molecule has 1 spiro atoms. The average molecular weight is 275 g/mol. The Hall–Kier alpha value is 0.620. The highest BCUT2D eigenvalue weighted by Gasteiger charge is 2.42. The molecule has 1 N–H and O–H groups in total. The lowest BCUT2D eigenvalue weighted by Gasteiger charge is -2.41. The van der Waals surface area contributed by atoms with Crippen molar-refractivity contribution >= 4 is 23.5 Å². The molecule has 2 fully saturated rings. The summed E-state index contributed by atoms with van der Waals surface area (Å²) < 4.78 is 6.10. The Kier molecular flexibility index (Phi) is 5.52. The van der Waals surface area contributed by atoms with Crippen LogP contribution in [0.15, 0.2) is 0 Å². The van der Waals surface area contributed by atoms with Gasteiger partial charge in [0.05, 0.1) is 5.60 Å². The van der Waals surface area contributed by atoms with Crippen LogP contribution in [0.2, 0.25) is 0 Å². The molecular weight excluding hydrogens is 250 g/mol. The Morgan fingerprint density at radius 2 is 2.47 bits per heavy atom. The standard InChI is InChI=1S/C13H25NOS2/c1-14-12(4-7-16-2)11-3-6-15-13(9-11)5-8-17-10-13/h11-12,14H,3-10H2,1-2H3. The van der Waals surface area contributed by atoms with Gasteiger partial charge in [0.15, 0.2) is 0 Å². The van der Waals surface area contributed by atoms with Crippen LogP contribution in [-0.2, 0) is 4.74 Å².